The Labute approximate surface area is 119 Å². The third-order valence-electron chi connectivity index (χ3n) is 3.58. The number of piperidine rings is 1. The van der Waals surface area contributed by atoms with Crippen LogP contribution >= 0.6 is 0 Å². The second-order valence-electron chi connectivity index (χ2n) is 5.16. The normalized spacial score (nSPS) is 18.4. The van der Waals surface area contributed by atoms with Crippen molar-refractivity contribution in [1.29, 1.82) is 0 Å². The fourth-order valence-electron chi connectivity index (χ4n) is 2.36. The maximum Gasteiger partial charge on any atom is 0.241 e. The summed E-state index contributed by atoms with van der Waals surface area (Å²) in [7, 11) is -1.73. The van der Waals surface area contributed by atoms with Gasteiger partial charge in [-0.2, -0.15) is 0 Å². The van der Waals surface area contributed by atoms with E-state index in [1.807, 2.05) is 7.05 Å². The SMILES string of the molecule is CN1CCC(NS(=O)(=O)c2cc(F)ccc2CN)CC1. The molecule has 112 valence electrons. The van der Waals surface area contributed by atoms with Gasteiger partial charge in [0.2, 0.25) is 10.0 Å². The Morgan fingerprint density at radius 1 is 1.40 bits per heavy atom. The molecule has 1 saturated heterocycles. The first kappa shape index (κ1) is 15.4. The number of rotatable bonds is 4. The molecule has 2 rings (SSSR count). The monoisotopic (exact) mass is 301 g/mol. The van der Waals surface area contributed by atoms with E-state index in [0.29, 0.717) is 5.56 Å². The van der Waals surface area contributed by atoms with Crippen molar-refractivity contribution in [3.63, 3.8) is 0 Å². The van der Waals surface area contributed by atoms with Crippen LogP contribution in [0, 0.1) is 5.82 Å². The first-order valence-electron chi connectivity index (χ1n) is 6.62. The second-order valence-corrected chi connectivity index (χ2v) is 6.84. The number of nitrogens with one attached hydrogen (secondary N) is 1. The summed E-state index contributed by atoms with van der Waals surface area (Å²) in [6, 6.07) is 3.56. The molecule has 5 nitrogen and oxygen atoms in total. The van der Waals surface area contributed by atoms with E-state index >= 15 is 0 Å². The molecule has 0 bridgehead atoms. The van der Waals surface area contributed by atoms with Crippen LogP contribution < -0.4 is 10.5 Å². The molecule has 20 heavy (non-hydrogen) atoms. The highest BCUT2D eigenvalue weighted by Crippen LogP contribution is 2.19. The van der Waals surface area contributed by atoms with Gasteiger partial charge in [0.1, 0.15) is 5.82 Å². The molecular formula is C13H20FN3O2S. The zero-order valence-electron chi connectivity index (χ0n) is 11.5. The molecule has 1 aliphatic heterocycles. The zero-order chi connectivity index (χ0) is 14.8. The molecule has 0 saturated carbocycles. The van der Waals surface area contributed by atoms with Crippen LogP contribution in [-0.4, -0.2) is 39.5 Å². The van der Waals surface area contributed by atoms with E-state index in [1.54, 1.807) is 0 Å². The van der Waals surface area contributed by atoms with Gasteiger partial charge in [0.15, 0.2) is 0 Å². The van der Waals surface area contributed by atoms with Crippen molar-refractivity contribution in [3.8, 4) is 0 Å². The lowest BCUT2D eigenvalue weighted by atomic mass is 10.1. The number of halogens is 1. The molecule has 0 aromatic heterocycles. The number of hydrogen-bond acceptors (Lipinski definition) is 4. The van der Waals surface area contributed by atoms with Gasteiger partial charge in [-0.15, -0.1) is 0 Å². The number of hydrogen-bond donors (Lipinski definition) is 2. The average Bonchev–Trinajstić information content (AvgIpc) is 2.41. The lowest BCUT2D eigenvalue weighted by Crippen LogP contribution is -2.43. The minimum absolute atomic E-state index is 0.0565. The van der Waals surface area contributed by atoms with Crippen LogP contribution in [-0.2, 0) is 16.6 Å². The molecule has 0 radical (unpaired) electrons. The number of sulfonamides is 1. The molecule has 0 aliphatic carbocycles. The summed E-state index contributed by atoms with van der Waals surface area (Å²) in [5, 5.41) is 0. The van der Waals surface area contributed by atoms with Gasteiger partial charge in [0.25, 0.3) is 0 Å². The molecule has 7 heteroatoms. The summed E-state index contributed by atoms with van der Waals surface area (Å²) < 4.78 is 40.7. The predicted molar refractivity (Wildman–Crippen MR) is 75.1 cm³/mol. The number of benzene rings is 1. The van der Waals surface area contributed by atoms with Crippen LogP contribution in [0.3, 0.4) is 0 Å². The smallest absolute Gasteiger partial charge is 0.241 e. The summed E-state index contributed by atoms with van der Waals surface area (Å²) >= 11 is 0. The first-order chi connectivity index (χ1) is 9.42. The minimum atomic E-state index is -3.73. The van der Waals surface area contributed by atoms with Crippen LogP contribution in [0.15, 0.2) is 23.1 Å². The molecule has 0 amide bonds. The maximum absolute atomic E-state index is 13.3. The highest BCUT2D eigenvalue weighted by molar-refractivity contribution is 7.89. The lowest BCUT2D eigenvalue weighted by molar-refractivity contribution is 0.248. The molecule has 1 heterocycles. The van der Waals surface area contributed by atoms with Crippen molar-refractivity contribution in [2.24, 2.45) is 5.73 Å². The van der Waals surface area contributed by atoms with Crippen molar-refractivity contribution >= 4 is 10.0 Å². The molecule has 0 unspecified atom stereocenters. The van der Waals surface area contributed by atoms with E-state index < -0.39 is 15.8 Å². The number of nitrogens with zero attached hydrogens (tertiary/aromatic N) is 1. The van der Waals surface area contributed by atoms with Crippen molar-refractivity contribution in [1.82, 2.24) is 9.62 Å². The molecule has 0 atom stereocenters. The van der Waals surface area contributed by atoms with Gasteiger partial charge in [-0.25, -0.2) is 17.5 Å². The molecule has 1 aromatic rings. The van der Waals surface area contributed by atoms with Crippen LogP contribution in [0.25, 0.3) is 0 Å². The first-order valence-corrected chi connectivity index (χ1v) is 8.10. The summed E-state index contributed by atoms with van der Waals surface area (Å²) in [6.45, 7) is 1.75. The van der Waals surface area contributed by atoms with Gasteiger partial charge < -0.3 is 10.6 Å². The van der Waals surface area contributed by atoms with Gasteiger partial charge in [-0.3, -0.25) is 0 Å². The Bertz CT molecular complexity index is 569. The van der Waals surface area contributed by atoms with E-state index in [0.717, 1.165) is 32.0 Å². The largest absolute Gasteiger partial charge is 0.326 e. The van der Waals surface area contributed by atoms with Gasteiger partial charge in [-0.1, -0.05) is 6.07 Å². The van der Waals surface area contributed by atoms with Crippen molar-refractivity contribution in [2.45, 2.75) is 30.3 Å². The highest BCUT2D eigenvalue weighted by atomic mass is 32.2. The molecule has 1 fully saturated rings. The van der Waals surface area contributed by atoms with Gasteiger partial charge in [-0.05, 0) is 50.7 Å². The van der Waals surface area contributed by atoms with Gasteiger partial charge in [0.05, 0.1) is 4.90 Å². The topological polar surface area (TPSA) is 75.4 Å². The lowest BCUT2D eigenvalue weighted by Gasteiger charge is -2.29. The van der Waals surface area contributed by atoms with E-state index in [9.17, 15) is 12.8 Å². The molecule has 0 spiro atoms. The summed E-state index contributed by atoms with van der Waals surface area (Å²) in [5.74, 6) is -0.578. The van der Waals surface area contributed by atoms with Crippen LogP contribution in [0.5, 0.6) is 0 Å². The van der Waals surface area contributed by atoms with E-state index in [2.05, 4.69) is 9.62 Å². The Kier molecular flexibility index (Phi) is 4.74. The van der Waals surface area contributed by atoms with Crippen molar-refractivity contribution in [2.75, 3.05) is 20.1 Å². The van der Waals surface area contributed by atoms with E-state index in [-0.39, 0.29) is 17.5 Å². The summed E-state index contributed by atoms with van der Waals surface area (Å²) in [5.41, 5.74) is 5.95. The molecule has 1 aromatic carbocycles. The van der Waals surface area contributed by atoms with Crippen LogP contribution in [0.2, 0.25) is 0 Å². The van der Waals surface area contributed by atoms with Crippen LogP contribution in [0.1, 0.15) is 18.4 Å². The maximum atomic E-state index is 13.3. The Hall–Kier alpha value is -1.02. The fraction of sp³-hybridized carbons (Fsp3) is 0.538. The second kappa shape index (κ2) is 6.17. The summed E-state index contributed by atoms with van der Waals surface area (Å²) in [6.07, 6.45) is 1.51. The number of likely N-dealkylation sites (tertiary alicyclic amines) is 1. The fourth-order valence-corrected chi connectivity index (χ4v) is 3.92. The quantitative estimate of drug-likeness (QED) is 0.856. The minimum Gasteiger partial charge on any atom is -0.326 e. The highest BCUT2D eigenvalue weighted by Gasteiger charge is 2.25. The van der Waals surface area contributed by atoms with E-state index in [1.165, 1.54) is 12.1 Å². The standard InChI is InChI=1S/C13H20FN3O2S/c1-17-6-4-12(5-7-17)16-20(18,19)13-8-11(14)3-2-10(13)9-15/h2-3,8,12,16H,4-7,9,15H2,1H3. The average molecular weight is 301 g/mol. The van der Waals surface area contributed by atoms with Gasteiger partial charge in [0, 0.05) is 12.6 Å². The van der Waals surface area contributed by atoms with Crippen LogP contribution in [0.4, 0.5) is 4.39 Å². The molecule has 3 N–H and O–H groups in total. The third kappa shape index (κ3) is 3.54. The Morgan fingerprint density at radius 3 is 2.65 bits per heavy atom. The van der Waals surface area contributed by atoms with Crippen molar-refractivity contribution < 1.29 is 12.8 Å². The van der Waals surface area contributed by atoms with Crippen molar-refractivity contribution in [3.05, 3.63) is 29.6 Å². The number of nitrogens with two attached hydrogens (primary N) is 1. The molecular weight excluding hydrogens is 281 g/mol. The Balaban J connectivity index is 2.20. The Morgan fingerprint density at radius 2 is 2.05 bits per heavy atom. The summed E-state index contributed by atoms with van der Waals surface area (Å²) in [4.78, 5) is 2.09. The van der Waals surface area contributed by atoms with Gasteiger partial charge >= 0.3 is 0 Å². The zero-order valence-corrected chi connectivity index (χ0v) is 12.3. The molecule has 1 aliphatic rings. The van der Waals surface area contributed by atoms with E-state index in [4.69, 9.17) is 5.73 Å². The third-order valence-corrected chi connectivity index (χ3v) is 5.18. The predicted octanol–water partition coefficient (Wildman–Crippen LogP) is 0.657.